The molecule has 142 valence electrons. The van der Waals surface area contributed by atoms with Crippen LogP contribution in [0, 0.1) is 0 Å². The van der Waals surface area contributed by atoms with Crippen LogP contribution in [0.1, 0.15) is 19.3 Å². The number of methoxy groups -OCH3 is 1. The molecule has 0 amide bonds. The van der Waals surface area contributed by atoms with E-state index in [2.05, 4.69) is 0 Å². The van der Waals surface area contributed by atoms with E-state index in [0.29, 0.717) is 58.0 Å². The molecule has 25 heavy (non-hydrogen) atoms. The molecule has 1 aromatic rings. The molecule has 2 rings (SSSR count). The molecule has 0 radical (unpaired) electrons. The SMILES string of the molecule is COCCOc1ccc(S(=O)(=O)N2CCC(OCCCN)CC2)cc1. The topological polar surface area (TPSA) is 91.1 Å². The molecule has 1 aliphatic rings. The molecule has 0 saturated carbocycles. The van der Waals surface area contributed by atoms with E-state index < -0.39 is 10.0 Å². The summed E-state index contributed by atoms with van der Waals surface area (Å²) in [6.07, 6.45) is 2.37. The van der Waals surface area contributed by atoms with Crippen LogP contribution < -0.4 is 10.5 Å². The summed E-state index contributed by atoms with van der Waals surface area (Å²) >= 11 is 0. The van der Waals surface area contributed by atoms with E-state index in [1.54, 1.807) is 31.4 Å². The van der Waals surface area contributed by atoms with Crippen molar-refractivity contribution in [3.63, 3.8) is 0 Å². The highest BCUT2D eigenvalue weighted by Crippen LogP contribution is 2.23. The van der Waals surface area contributed by atoms with Crippen molar-refractivity contribution in [3.8, 4) is 5.75 Å². The van der Waals surface area contributed by atoms with Crippen molar-refractivity contribution in [1.29, 1.82) is 0 Å². The minimum atomic E-state index is -3.48. The molecule has 0 atom stereocenters. The van der Waals surface area contributed by atoms with Gasteiger partial charge in [0.15, 0.2) is 0 Å². The van der Waals surface area contributed by atoms with Gasteiger partial charge in [0.25, 0.3) is 0 Å². The van der Waals surface area contributed by atoms with Gasteiger partial charge in [-0.1, -0.05) is 0 Å². The molecule has 1 aliphatic heterocycles. The number of hydrogen-bond donors (Lipinski definition) is 1. The molecule has 0 spiro atoms. The Kier molecular flexibility index (Phi) is 8.11. The molecule has 0 aliphatic carbocycles. The first-order chi connectivity index (χ1) is 12.1. The van der Waals surface area contributed by atoms with E-state index in [1.165, 1.54) is 4.31 Å². The van der Waals surface area contributed by atoms with E-state index in [1.807, 2.05) is 0 Å². The number of sulfonamides is 1. The van der Waals surface area contributed by atoms with Crippen molar-refractivity contribution in [2.45, 2.75) is 30.3 Å². The average molecular weight is 372 g/mol. The molecule has 1 aromatic carbocycles. The lowest BCUT2D eigenvalue weighted by atomic mass is 10.1. The molecule has 1 saturated heterocycles. The van der Waals surface area contributed by atoms with Gasteiger partial charge in [0.05, 0.1) is 17.6 Å². The fraction of sp³-hybridized carbons (Fsp3) is 0.647. The van der Waals surface area contributed by atoms with Gasteiger partial charge in [0.1, 0.15) is 12.4 Å². The second kappa shape index (κ2) is 10.1. The van der Waals surface area contributed by atoms with Crippen LogP contribution >= 0.6 is 0 Å². The van der Waals surface area contributed by atoms with Crippen molar-refractivity contribution in [1.82, 2.24) is 4.31 Å². The van der Waals surface area contributed by atoms with Crippen molar-refractivity contribution >= 4 is 10.0 Å². The molecule has 8 heteroatoms. The fourth-order valence-corrected chi connectivity index (χ4v) is 4.14. The number of piperidine rings is 1. The summed E-state index contributed by atoms with van der Waals surface area (Å²) in [7, 11) is -1.87. The molecular weight excluding hydrogens is 344 g/mol. The second-order valence-corrected chi connectivity index (χ2v) is 7.87. The van der Waals surface area contributed by atoms with E-state index >= 15 is 0 Å². The number of nitrogens with zero attached hydrogens (tertiary/aromatic N) is 1. The van der Waals surface area contributed by atoms with Gasteiger partial charge < -0.3 is 19.9 Å². The lowest BCUT2D eigenvalue weighted by Gasteiger charge is -2.31. The molecule has 1 heterocycles. The lowest BCUT2D eigenvalue weighted by Crippen LogP contribution is -2.40. The minimum Gasteiger partial charge on any atom is -0.491 e. The normalized spacial score (nSPS) is 16.9. The quantitative estimate of drug-likeness (QED) is 0.621. The maximum absolute atomic E-state index is 12.7. The van der Waals surface area contributed by atoms with Gasteiger partial charge >= 0.3 is 0 Å². The summed E-state index contributed by atoms with van der Waals surface area (Å²) in [5.41, 5.74) is 5.45. The molecule has 1 fully saturated rings. The maximum Gasteiger partial charge on any atom is 0.243 e. The van der Waals surface area contributed by atoms with Crippen LogP contribution in [0.2, 0.25) is 0 Å². The average Bonchev–Trinajstić information content (AvgIpc) is 2.63. The van der Waals surface area contributed by atoms with Crippen molar-refractivity contribution in [2.24, 2.45) is 5.73 Å². The zero-order chi connectivity index (χ0) is 18.1. The highest BCUT2D eigenvalue weighted by molar-refractivity contribution is 7.89. The molecule has 0 aromatic heterocycles. The van der Waals surface area contributed by atoms with E-state index in [4.69, 9.17) is 19.9 Å². The summed E-state index contributed by atoms with van der Waals surface area (Å²) in [6.45, 7) is 3.11. The van der Waals surface area contributed by atoms with Gasteiger partial charge in [-0.15, -0.1) is 0 Å². The monoisotopic (exact) mass is 372 g/mol. The zero-order valence-electron chi connectivity index (χ0n) is 14.7. The Morgan fingerprint density at radius 1 is 1.12 bits per heavy atom. The standard InChI is InChI=1S/C17H28N2O5S/c1-22-13-14-24-15-3-5-17(6-4-15)25(20,21)19-10-7-16(8-11-19)23-12-2-9-18/h3-6,16H,2,7-14,18H2,1H3. The summed E-state index contributed by atoms with van der Waals surface area (Å²) in [6, 6.07) is 6.51. The van der Waals surface area contributed by atoms with Crippen molar-refractivity contribution < 1.29 is 22.6 Å². The van der Waals surface area contributed by atoms with Crippen molar-refractivity contribution in [3.05, 3.63) is 24.3 Å². The Hall–Kier alpha value is -1.19. The number of ether oxygens (including phenoxy) is 3. The van der Waals surface area contributed by atoms with Crippen molar-refractivity contribution in [2.75, 3.05) is 46.6 Å². The number of nitrogens with two attached hydrogens (primary N) is 1. The van der Waals surface area contributed by atoms with Gasteiger partial charge in [0, 0.05) is 26.8 Å². The minimum absolute atomic E-state index is 0.120. The molecule has 7 nitrogen and oxygen atoms in total. The predicted octanol–water partition coefficient (Wildman–Crippen LogP) is 1.23. The van der Waals surface area contributed by atoms with Crippen LogP contribution in [-0.2, 0) is 19.5 Å². The van der Waals surface area contributed by atoms with Crippen LogP contribution in [0.25, 0.3) is 0 Å². The zero-order valence-corrected chi connectivity index (χ0v) is 15.5. The Morgan fingerprint density at radius 2 is 1.80 bits per heavy atom. The smallest absolute Gasteiger partial charge is 0.243 e. The number of rotatable bonds is 10. The maximum atomic E-state index is 12.7. The molecule has 2 N–H and O–H groups in total. The number of benzene rings is 1. The molecular formula is C17H28N2O5S. The van der Waals surface area contributed by atoms with Gasteiger partial charge in [0.2, 0.25) is 10.0 Å². The first kappa shape index (κ1) is 20.1. The first-order valence-corrected chi connectivity index (χ1v) is 10.1. The highest BCUT2D eigenvalue weighted by atomic mass is 32.2. The summed E-state index contributed by atoms with van der Waals surface area (Å²) in [5.74, 6) is 0.628. The highest BCUT2D eigenvalue weighted by Gasteiger charge is 2.29. The molecule has 0 unspecified atom stereocenters. The van der Waals surface area contributed by atoms with Crippen LogP contribution in [0.15, 0.2) is 29.2 Å². The summed E-state index contributed by atoms with van der Waals surface area (Å²) in [4.78, 5) is 0.286. The van der Waals surface area contributed by atoms with Crippen LogP contribution in [0.5, 0.6) is 5.75 Å². The van der Waals surface area contributed by atoms with Gasteiger partial charge in [-0.2, -0.15) is 4.31 Å². The van der Waals surface area contributed by atoms with Crippen LogP contribution in [0.3, 0.4) is 0 Å². The van der Waals surface area contributed by atoms with Crippen LogP contribution in [-0.4, -0.2) is 65.4 Å². The third kappa shape index (κ3) is 5.93. The third-order valence-electron chi connectivity index (χ3n) is 4.12. The van der Waals surface area contributed by atoms with Gasteiger partial charge in [-0.3, -0.25) is 0 Å². The number of hydrogen-bond acceptors (Lipinski definition) is 6. The second-order valence-electron chi connectivity index (χ2n) is 5.93. The Morgan fingerprint density at radius 3 is 2.40 bits per heavy atom. The van der Waals surface area contributed by atoms with E-state index in [9.17, 15) is 8.42 Å². The summed E-state index contributed by atoms with van der Waals surface area (Å²) in [5, 5.41) is 0. The van der Waals surface area contributed by atoms with E-state index in [0.717, 1.165) is 6.42 Å². The third-order valence-corrected chi connectivity index (χ3v) is 6.03. The Labute approximate surface area is 150 Å². The van der Waals surface area contributed by atoms with Gasteiger partial charge in [-0.05, 0) is 50.1 Å². The largest absolute Gasteiger partial charge is 0.491 e. The van der Waals surface area contributed by atoms with Gasteiger partial charge in [-0.25, -0.2) is 8.42 Å². The first-order valence-electron chi connectivity index (χ1n) is 8.61. The predicted molar refractivity (Wildman–Crippen MR) is 95.2 cm³/mol. The molecule has 0 bridgehead atoms. The van der Waals surface area contributed by atoms with Crippen LogP contribution in [0.4, 0.5) is 0 Å². The summed E-state index contributed by atoms with van der Waals surface area (Å²) < 4.78 is 43.1. The fourth-order valence-electron chi connectivity index (χ4n) is 2.67. The Balaban J connectivity index is 1.88. The van der Waals surface area contributed by atoms with E-state index in [-0.39, 0.29) is 11.0 Å². The Bertz CT molecular complexity index is 598. The lowest BCUT2D eigenvalue weighted by molar-refractivity contribution is 0.0209.